The van der Waals surface area contributed by atoms with Gasteiger partial charge in [-0.3, -0.25) is 0 Å². The highest BCUT2D eigenvalue weighted by atomic mass is 16.1. The van der Waals surface area contributed by atoms with Crippen molar-refractivity contribution in [3.05, 3.63) is 0 Å². The Bertz CT molecular complexity index is 142. The Kier molecular flexibility index (Phi) is 3.77. The van der Waals surface area contributed by atoms with Gasteiger partial charge in [-0.25, -0.2) is 0 Å². The molecule has 0 spiro atoms. The van der Waals surface area contributed by atoms with Crippen molar-refractivity contribution < 1.29 is 4.79 Å². The normalized spacial score (nSPS) is 32.8. The second kappa shape index (κ2) is 4.64. The minimum Gasteiger partial charge on any atom is -0.303 e. The summed E-state index contributed by atoms with van der Waals surface area (Å²) >= 11 is 0. The fourth-order valence-electron chi connectivity index (χ4n) is 2.28. The number of aldehydes is 1. The lowest BCUT2D eigenvalue weighted by Gasteiger charge is -2.29. The predicted molar refractivity (Wildman–Crippen MR) is 51.0 cm³/mol. The van der Waals surface area contributed by atoms with E-state index in [0.29, 0.717) is 0 Å². The molecule has 1 aliphatic carbocycles. The maximum Gasteiger partial charge on any atom is 0.122 e. The Balaban J connectivity index is 2.33. The first-order valence-corrected chi connectivity index (χ1v) is 5.19. The van der Waals surface area contributed by atoms with Gasteiger partial charge in [-0.05, 0) is 18.3 Å². The van der Waals surface area contributed by atoms with Crippen LogP contribution in [0.4, 0.5) is 0 Å². The van der Waals surface area contributed by atoms with Crippen molar-refractivity contribution in [2.24, 2.45) is 17.8 Å². The molecule has 0 aliphatic heterocycles. The van der Waals surface area contributed by atoms with Gasteiger partial charge in [-0.1, -0.05) is 39.5 Å². The van der Waals surface area contributed by atoms with Crippen LogP contribution in [-0.4, -0.2) is 6.29 Å². The first-order valence-electron chi connectivity index (χ1n) is 5.19. The maximum atomic E-state index is 10.5. The molecule has 3 unspecified atom stereocenters. The van der Waals surface area contributed by atoms with E-state index in [2.05, 4.69) is 6.92 Å². The molecule has 1 aliphatic rings. The second-order valence-electron chi connectivity index (χ2n) is 4.37. The van der Waals surface area contributed by atoms with Crippen LogP contribution >= 0.6 is 0 Å². The average molecular weight is 168 g/mol. The van der Waals surface area contributed by atoms with Gasteiger partial charge < -0.3 is 4.79 Å². The van der Waals surface area contributed by atoms with Gasteiger partial charge in [0.15, 0.2) is 0 Å². The molecular formula is C11H20O. The molecule has 0 radical (unpaired) electrons. The van der Waals surface area contributed by atoms with Crippen LogP contribution in [0, 0.1) is 17.8 Å². The lowest BCUT2D eigenvalue weighted by Crippen LogP contribution is -2.19. The highest BCUT2D eigenvalue weighted by Crippen LogP contribution is 2.33. The molecule has 3 atom stereocenters. The van der Waals surface area contributed by atoms with Crippen LogP contribution < -0.4 is 0 Å². The van der Waals surface area contributed by atoms with Crippen LogP contribution in [0.5, 0.6) is 0 Å². The molecule has 1 nitrogen and oxygen atoms in total. The van der Waals surface area contributed by atoms with Crippen molar-refractivity contribution in [2.75, 3.05) is 0 Å². The molecule has 0 heterocycles. The van der Waals surface area contributed by atoms with Gasteiger partial charge in [0.2, 0.25) is 0 Å². The van der Waals surface area contributed by atoms with Gasteiger partial charge >= 0.3 is 0 Å². The summed E-state index contributed by atoms with van der Waals surface area (Å²) in [5.74, 6) is 1.94. The predicted octanol–water partition coefficient (Wildman–Crippen LogP) is 3.04. The Hall–Kier alpha value is -0.330. The summed E-state index contributed by atoms with van der Waals surface area (Å²) in [5, 5.41) is 0. The van der Waals surface area contributed by atoms with Crippen molar-refractivity contribution in [2.45, 2.75) is 46.0 Å². The van der Waals surface area contributed by atoms with E-state index in [4.69, 9.17) is 0 Å². The van der Waals surface area contributed by atoms with Gasteiger partial charge in [0.05, 0.1) is 0 Å². The van der Waals surface area contributed by atoms with E-state index in [1.807, 2.05) is 6.92 Å². The Morgan fingerprint density at radius 2 is 2.08 bits per heavy atom. The first-order chi connectivity index (χ1) is 5.74. The fourth-order valence-corrected chi connectivity index (χ4v) is 2.28. The van der Waals surface area contributed by atoms with Gasteiger partial charge in [0, 0.05) is 5.92 Å². The third kappa shape index (κ3) is 2.62. The quantitative estimate of drug-likeness (QED) is 0.592. The summed E-state index contributed by atoms with van der Waals surface area (Å²) in [6.45, 7) is 4.37. The molecule has 0 N–H and O–H groups in total. The van der Waals surface area contributed by atoms with Gasteiger partial charge in [0.25, 0.3) is 0 Å². The zero-order chi connectivity index (χ0) is 8.97. The minimum absolute atomic E-state index is 0.274. The highest BCUT2D eigenvalue weighted by Gasteiger charge is 2.22. The molecule has 0 aromatic rings. The molecule has 0 aromatic heterocycles. The molecule has 1 fully saturated rings. The van der Waals surface area contributed by atoms with Crippen LogP contribution in [0.25, 0.3) is 0 Å². The van der Waals surface area contributed by atoms with Crippen LogP contribution in [0.2, 0.25) is 0 Å². The van der Waals surface area contributed by atoms with Crippen molar-refractivity contribution in [3.63, 3.8) is 0 Å². The molecule has 1 heteroatoms. The molecule has 12 heavy (non-hydrogen) atoms. The fraction of sp³-hybridized carbons (Fsp3) is 0.909. The number of hydrogen-bond donors (Lipinski definition) is 0. The van der Waals surface area contributed by atoms with Crippen LogP contribution in [-0.2, 0) is 4.79 Å². The van der Waals surface area contributed by atoms with Crippen LogP contribution in [0.1, 0.15) is 46.0 Å². The highest BCUT2D eigenvalue weighted by molar-refractivity contribution is 5.52. The second-order valence-corrected chi connectivity index (χ2v) is 4.37. The molecule has 1 rings (SSSR count). The number of rotatable bonds is 3. The number of hydrogen-bond acceptors (Lipinski definition) is 1. The third-order valence-corrected chi connectivity index (χ3v) is 3.20. The Morgan fingerprint density at radius 3 is 2.67 bits per heavy atom. The van der Waals surface area contributed by atoms with Crippen molar-refractivity contribution in [3.8, 4) is 0 Å². The summed E-state index contributed by atoms with van der Waals surface area (Å²) in [6.07, 6.45) is 7.70. The molecule has 1 saturated carbocycles. The van der Waals surface area contributed by atoms with Gasteiger partial charge in [-0.2, -0.15) is 0 Å². The standard InChI is InChI=1S/C11H20O/c1-9(8-12)7-11-6-4-3-5-10(11)2/h8-11H,3-7H2,1-2H3. The Labute approximate surface area is 75.5 Å². The summed E-state index contributed by atoms with van der Waals surface area (Å²) in [6, 6.07) is 0. The number of carbonyl (C=O) groups is 1. The first kappa shape index (κ1) is 9.76. The number of carbonyl (C=O) groups excluding carboxylic acids is 1. The van der Waals surface area contributed by atoms with Crippen LogP contribution in [0.15, 0.2) is 0 Å². The van der Waals surface area contributed by atoms with E-state index < -0.39 is 0 Å². The summed E-state index contributed by atoms with van der Waals surface area (Å²) in [4.78, 5) is 10.5. The molecular weight excluding hydrogens is 148 g/mol. The van der Waals surface area contributed by atoms with E-state index in [-0.39, 0.29) is 5.92 Å². The van der Waals surface area contributed by atoms with E-state index in [1.165, 1.54) is 25.7 Å². The van der Waals surface area contributed by atoms with Gasteiger partial charge in [-0.15, -0.1) is 0 Å². The van der Waals surface area contributed by atoms with E-state index >= 15 is 0 Å². The van der Waals surface area contributed by atoms with E-state index in [9.17, 15) is 4.79 Å². The monoisotopic (exact) mass is 168 g/mol. The zero-order valence-corrected chi connectivity index (χ0v) is 8.25. The van der Waals surface area contributed by atoms with E-state index in [1.54, 1.807) is 0 Å². The lowest BCUT2D eigenvalue weighted by atomic mass is 9.76. The van der Waals surface area contributed by atoms with Crippen LogP contribution in [0.3, 0.4) is 0 Å². The van der Waals surface area contributed by atoms with Crippen molar-refractivity contribution >= 4 is 6.29 Å². The molecule has 0 amide bonds. The molecule has 0 saturated heterocycles. The summed E-state index contributed by atoms with van der Waals surface area (Å²) in [5.41, 5.74) is 0. The maximum absolute atomic E-state index is 10.5. The van der Waals surface area contributed by atoms with Crippen molar-refractivity contribution in [1.82, 2.24) is 0 Å². The average Bonchev–Trinajstić information content (AvgIpc) is 2.09. The zero-order valence-electron chi connectivity index (χ0n) is 8.25. The molecule has 0 aromatic carbocycles. The third-order valence-electron chi connectivity index (χ3n) is 3.20. The molecule has 70 valence electrons. The largest absolute Gasteiger partial charge is 0.303 e. The van der Waals surface area contributed by atoms with Crippen molar-refractivity contribution in [1.29, 1.82) is 0 Å². The molecule has 0 bridgehead atoms. The van der Waals surface area contributed by atoms with Gasteiger partial charge in [0.1, 0.15) is 6.29 Å². The SMILES string of the molecule is CC(C=O)CC1CCCCC1C. The smallest absolute Gasteiger partial charge is 0.122 e. The lowest BCUT2D eigenvalue weighted by molar-refractivity contribution is -0.111. The summed E-state index contributed by atoms with van der Waals surface area (Å²) < 4.78 is 0. The Morgan fingerprint density at radius 1 is 1.42 bits per heavy atom. The minimum atomic E-state index is 0.274. The topological polar surface area (TPSA) is 17.1 Å². The van der Waals surface area contributed by atoms with E-state index in [0.717, 1.165) is 24.5 Å². The summed E-state index contributed by atoms with van der Waals surface area (Å²) in [7, 11) is 0.